The quantitative estimate of drug-likeness (QED) is 0.737. The van der Waals surface area contributed by atoms with Crippen molar-refractivity contribution in [3.05, 3.63) is 41.6 Å². The number of hydrogen-bond acceptors (Lipinski definition) is 8. The highest BCUT2D eigenvalue weighted by Crippen LogP contribution is 2.20. The number of carbonyl (C=O) groups excluding carboxylic acids is 2. The first-order valence-corrected chi connectivity index (χ1v) is 9.32. The van der Waals surface area contributed by atoms with Crippen LogP contribution in [0, 0.1) is 0 Å². The van der Waals surface area contributed by atoms with Crippen molar-refractivity contribution in [2.75, 3.05) is 18.6 Å². The fraction of sp³-hybridized carbons (Fsp3) is 0.200. The molecule has 0 saturated heterocycles. The number of benzene rings is 1. The molecule has 2 rings (SSSR count). The minimum atomic E-state index is -4.26. The van der Waals surface area contributed by atoms with Crippen LogP contribution >= 0.6 is 11.6 Å². The van der Waals surface area contributed by atoms with Crippen LogP contribution in [0.4, 0.5) is 15.5 Å². The van der Waals surface area contributed by atoms with Crippen molar-refractivity contribution >= 4 is 39.7 Å². The zero-order valence-electron chi connectivity index (χ0n) is 14.2. The Labute approximate surface area is 160 Å². The van der Waals surface area contributed by atoms with Crippen molar-refractivity contribution in [1.29, 1.82) is 0 Å². The van der Waals surface area contributed by atoms with Gasteiger partial charge in [-0.05, 0) is 19.1 Å². The summed E-state index contributed by atoms with van der Waals surface area (Å²) in [6, 6.07) is 7.03. The predicted molar refractivity (Wildman–Crippen MR) is 95.3 cm³/mol. The first-order chi connectivity index (χ1) is 12.8. The van der Waals surface area contributed by atoms with Crippen LogP contribution in [0.2, 0.25) is 5.15 Å². The standard InChI is InChI=1S/C15H15ClN4O6S/c1-3-26-15(22)20(13-17-11(16)9-12(18-13)25-2)14(21)19-27(23,24)10-7-5-4-6-8-10/h4-9H,3H2,1-2H3,(H,19,21). The number of rotatable bonds is 5. The summed E-state index contributed by atoms with van der Waals surface area (Å²) in [6.07, 6.45) is -1.19. The largest absolute Gasteiger partial charge is 0.481 e. The number of sulfonamides is 1. The molecule has 0 aliphatic rings. The number of imide groups is 1. The first-order valence-electron chi connectivity index (χ1n) is 7.45. The number of amides is 3. The fourth-order valence-electron chi connectivity index (χ4n) is 1.85. The summed E-state index contributed by atoms with van der Waals surface area (Å²) in [5.41, 5.74) is 0. The summed E-state index contributed by atoms with van der Waals surface area (Å²) in [5, 5.41) is -0.134. The second kappa shape index (κ2) is 8.64. The molecule has 0 aliphatic carbocycles. The van der Waals surface area contributed by atoms with Gasteiger partial charge in [-0.15, -0.1) is 0 Å². The van der Waals surface area contributed by atoms with Crippen LogP contribution in [-0.4, -0.2) is 44.2 Å². The highest BCUT2D eigenvalue weighted by Gasteiger charge is 2.32. The van der Waals surface area contributed by atoms with Gasteiger partial charge in [-0.2, -0.15) is 14.9 Å². The van der Waals surface area contributed by atoms with E-state index in [9.17, 15) is 18.0 Å². The Morgan fingerprint density at radius 2 is 1.89 bits per heavy atom. The summed E-state index contributed by atoms with van der Waals surface area (Å²) in [6.45, 7) is 1.43. The molecule has 1 aromatic carbocycles. The zero-order chi connectivity index (χ0) is 20.0. The summed E-state index contributed by atoms with van der Waals surface area (Å²) in [4.78, 5) is 32.4. The molecule has 3 amide bonds. The maximum Gasteiger partial charge on any atom is 0.425 e. The number of aromatic nitrogens is 2. The van der Waals surface area contributed by atoms with Crippen LogP contribution in [0.15, 0.2) is 41.3 Å². The van der Waals surface area contributed by atoms with E-state index in [-0.39, 0.29) is 22.5 Å². The average molecular weight is 415 g/mol. The second-order valence-corrected chi connectivity index (χ2v) is 6.86. The highest BCUT2D eigenvalue weighted by molar-refractivity contribution is 7.90. The lowest BCUT2D eigenvalue weighted by molar-refractivity contribution is 0.160. The molecular formula is C15H15ClN4O6S. The lowest BCUT2D eigenvalue weighted by Crippen LogP contribution is -2.47. The number of carbonyl (C=O) groups is 2. The third-order valence-corrected chi connectivity index (χ3v) is 4.53. The van der Waals surface area contributed by atoms with Crippen molar-refractivity contribution in [2.24, 2.45) is 0 Å². The predicted octanol–water partition coefficient (Wildman–Crippen LogP) is 2.20. The number of hydrogen-bond donors (Lipinski definition) is 1. The van der Waals surface area contributed by atoms with Crippen molar-refractivity contribution in [2.45, 2.75) is 11.8 Å². The smallest absolute Gasteiger partial charge is 0.425 e. The van der Waals surface area contributed by atoms with E-state index < -0.39 is 28.1 Å². The van der Waals surface area contributed by atoms with Crippen molar-refractivity contribution in [1.82, 2.24) is 14.7 Å². The van der Waals surface area contributed by atoms with E-state index in [1.54, 1.807) is 10.8 Å². The monoisotopic (exact) mass is 414 g/mol. The molecule has 0 unspecified atom stereocenters. The lowest BCUT2D eigenvalue weighted by atomic mass is 10.4. The summed E-state index contributed by atoms with van der Waals surface area (Å²) < 4.78 is 36.1. The van der Waals surface area contributed by atoms with Crippen molar-refractivity contribution in [3.63, 3.8) is 0 Å². The van der Waals surface area contributed by atoms with Crippen molar-refractivity contribution < 1.29 is 27.5 Å². The highest BCUT2D eigenvalue weighted by atomic mass is 35.5. The van der Waals surface area contributed by atoms with Gasteiger partial charge in [0.15, 0.2) is 0 Å². The number of anilines is 1. The molecule has 12 heteroatoms. The fourth-order valence-corrected chi connectivity index (χ4v) is 2.98. The molecular weight excluding hydrogens is 400 g/mol. The van der Waals surface area contributed by atoms with Gasteiger partial charge in [0.25, 0.3) is 10.0 Å². The van der Waals surface area contributed by atoms with Gasteiger partial charge in [0.2, 0.25) is 11.8 Å². The minimum absolute atomic E-state index is 0.0435. The third kappa shape index (κ3) is 5.05. The van der Waals surface area contributed by atoms with Gasteiger partial charge in [-0.25, -0.2) is 22.7 Å². The third-order valence-electron chi connectivity index (χ3n) is 3.00. The van der Waals surface area contributed by atoms with E-state index >= 15 is 0 Å². The molecule has 1 aromatic heterocycles. The van der Waals surface area contributed by atoms with Gasteiger partial charge in [0.05, 0.1) is 18.6 Å². The number of nitrogens with zero attached hydrogens (tertiary/aromatic N) is 3. The molecule has 0 spiro atoms. The van der Waals surface area contributed by atoms with Crippen LogP contribution in [-0.2, 0) is 14.8 Å². The van der Waals surface area contributed by atoms with E-state index in [0.717, 1.165) is 0 Å². The van der Waals surface area contributed by atoms with Gasteiger partial charge >= 0.3 is 12.1 Å². The van der Waals surface area contributed by atoms with Gasteiger partial charge in [-0.1, -0.05) is 29.8 Å². The Morgan fingerprint density at radius 3 is 2.48 bits per heavy atom. The Balaban J connectivity index is 2.41. The number of urea groups is 1. The SMILES string of the molecule is CCOC(=O)N(C(=O)NS(=O)(=O)c1ccccc1)c1nc(Cl)cc(OC)n1. The first kappa shape index (κ1) is 20.4. The Bertz CT molecular complexity index is 939. The maximum atomic E-state index is 12.5. The minimum Gasteiger partial charge on any atom is -0.481 e. The van der Waals surface area contributed by atoms with E-state index in [2.05, 4.69) is 9.97 Å². The Hall–Kier alpha value is -2.92. The van der Waals surface area contributed by atoms with Crippen LogP contribution in [0.5, 0.6) is 5.88 Å². The molecule has 2 aromatic rings. The van der Waals surface area contributed by atoms with Gasteiger partial charge in [-0.3, -0.25) is 0 Å². The summed E-state index contributed by atoms with van der Waals surface area (Å²) in [5.74, 6) is -0.559. The van der Waals surface area contributed by atoms with Crippen LogP contribution in [0.25, 0.3) is 0 Å². The topological polar surface area (TPSA) is 128 Å². The molecule has 0 bridgehead atoms. The Morgan fingerprint density at radius 1 is 1.22 bits per heavy atom. The number of methoxy groups -OCH3 is 1. The van der Waals surface area contributed by atoms with Crippen LogP contribution < -0.4 is 14.4 Å². The Kier molecular flexibility index (Phi) is 6.53. The molecule has 0 radical (unpaired) electrons. The molecule has 1 N–H and O–H groups in total. The van der Waals surface area contributed by atoms with Crippen LogP contribution in [0.1, 0.15) is 6.92 Å². The van der Waals surface area contributed by atoms with E-state index in [1.807, 2.05) is 0 Å². The van der Waals surface area contributed by atoms with Crippen LogP contribution in [0.3, 0.4) is 0 Å². The second-order valence-electron chi connectivity index (χ2n) is 4.79. The molecule has 144 valence electrons. The number of ether oxygens (including phenoxy) is 2. The molecule has 0 aliphatic heterocycles. The zero-order valence-corrected chi connectivity index (χ0v) is 15.8. The van der Waals surface area contributed by atoms with E-state index in [4.69, 9.17) is 21.1 Å². The molecule has 10 nitrogen and oxygen atoms in total. The van der Waals surface area contributed by atoms with Gasteiger partial charge < -0.3 is 9.47 Å². The molecule has 0 atom stereocenters. The van der Waals surface area contributed by atoms with Gasteiger partial charge in [0.1, 0.15) is 5.15 Å². The van der Waals surface area contributed by atoms with E-state index in [1.165, 1.54) is 44.4 Å². The molecule has 27 heavy (non-hydrogen) atoms. The number of nitrogens with one attached hydrogen (secondary N) is 1. The number of halogens is 1. The van der Waals surface area contributed by atoms with Crippen molar-refractivity contribution in [3.8, 4) is 5.88 Å². The van der Waals surface area contributed by atoms with Gasteiger partial charge in [0, 0.05) is 6.07 Å². The summed E-state index contributed by atoms with van der Waals surface area (Å²) in [7, 11) is -2.97. The molecule has 1 heterocycles. The normalized spacial score (nSPS) is 10.8. The molecule has 0 saturated carbocycles. The maximum absolute atomic E-state index is 12.5. The van der Waals surface area contributed by atoms with E-state index in [0.29, 0.717) is 4.90 Å². The summed E-state index contributed by atoms with van der Waals surface area (Å²) >= 11 is 5.83. The molecule has 0 fully saturated rings. The lowest BCUT2D eigenvalue weighted by Gasteiger charge is -2.19. The average Bonchev–Trinajstić information content (AvgIpc) is 2.62.